The molecule has 2 aliphatic heterocycles. The molecule has 1 fully saturated rings. The molecule has 0 aromatic rings. The van der Waals surface area contributed by atoms with Crippen molar-refractivity contribution >= 4 is 11.6 Å². The predicted octanol–water partition coefficient (Wildman–Crippen LogP) is 0.504. The maximum absolute atomic E-state index is 12.1. The molecule has 2 N–H and O–H groups in total. The molecule has 0 bridgehead atoms. The van der Waals surface area contributed by atoms with Gasteiger partial charge in [0.25, 0.3) is 5.91 Å². The highest BCUT2D eigenvalue weighted by Gasteiger charge is 2.40. The summed E-state index contributed by atoms with van der Waals surface area (Å²) in [4.78, 5) is 19.6. The number of oxime groups is 1. The van der Waals surface area contributed by atoms with Gasteiger partial charge >= 0.3 is 0 Å². The van der Waals surface area contributed by atoms with Crippen LogP contribution in [-0.2, 0) is 9.63 Å². The molecule has 20 heavy (non-hydrogen) atoms. The molecule has 114 valence electrons. The van der Waals surface area contributed by atoms with Gasteiger partial charge in [-0.15, -0.1) is 0 Å². The first-order valence-corrected chi connectivity index (χ1v) is 7.40. The number of aliphatic hydroxyl groups is 1. The fourth-order valence-corrected chi connectivity index (χ4v) is 2.69. The molecule has 0 aromatic heterocycles. The van der Waals surface area contributed by atoms with Crippen molar-refractivity contribution in [2.75, 3.05) is 26.2 Å². The minimum Gasteiger partial charge on any atom is -0.393 e. The molecule has 0 saturated carbocycles. The number of hydrogen-bond acceptors (Lipinski definition) is 5. The lowest BCUT2D eigenvalue weighted by atomic mass is 9.99. The van der Waals surface area contributed by atoms with E-state index in [9.17, 15) is 9.90 Å². The van der Waals surface area contributed by atoms with Crippen LogP contribution in [0.4, 0.5) is 0 Å². The van der Waals surface area contributed by atoms with Crippen LogP contribution in [0, 0.1) is 0 Å². The zero-order valence-electron chi connectivity index (χ0n) is 12.4. The molecule has 2 aliphatic rings. The van der Waals surface area contributed by atoms with E-state index in [0.29, 0.717) is 13.0 Å². The van der Waals surface area contributed by atoms with Gasteiger partial charge in [-0.1, -0.05) is 5.16 Å². The smallest absolute Gasteiger partial charge is 0.267 e. The standard InChI is InChI=1S/C14H25N3O3/c1-11-10-14(2,20-16-11)13(19)15-6-3-7-17-8-4-12(18)5-9-17/h12,18H,3-10H2,1-2H3,(H,15,19). The number of rotatable bonds is 5. The Morgan fingerprint density at radius 3 is 2.85 bits per heavy atom. The summed E-state index contributed by atoms with van der Waals surface area (Å²) >= 11 is 0. The Bertz CT molecular complexity index is 378. The Morgan fingerprint density at radius 2 is 2.25 bits per heavy atom. The Labute approximate surface area is 120 Å². The fraction of sp³-hybridized carbons (Fsp3) is 0.857. The van der Waals surface area contributed by atoms with Gasteiger partial charge in [0, 0.05) is 26.1 Å². The summed E-state index contributed by atoms with van der Waals surface area (Å²) in [6.07, 6.45) is 3.05. The number of nitrogens with one attached hydrogen (secondary N) is 1. The first-order chi connectivity index (χ1) is 9.49. The van der Waals surface area contributed by atoms with Crippen molar-refractivity contribution in [2.45, 2.75) is 51.2 Å². The fourth-order valence-electron chi connectivity index (χ4n) is 2.69. The van der Waals surface area contributed by atoms with Gasteiger partial charge in [-0.2, -0.15) is 0 Å². The lowest BCUT2D eigenvalue weighted by molar-refractivity contribution is -0.141. The SMILES string of the molecule is CC1=NOC(C)(C(=O)NCCCN2CCC(O)CC2)C1. The highest BCUT2D eigenvalue weighted by molar-refractivity contribution is 5.94. The van der Waals surface area contributed by atoms with Crippen molar-refractivity contribution in [1.82, 2.24) is 10.2 Å². The third kappa shape index (κ3) is 3.93. The van der Waals surface area contributed by atoms with E-state index in [2.05, 4.69) is 15.4 Å². The van der Waals surface area contributed by atoms with Crippen LogP contribution in [0.1, 0.15) is 39.5 Å². The average molecular weight is 283 g/mol. The van der Waals surface area contributed by atoms with E-state index in [0.717, 1.165) is 44.6 Å². The quantitative estimate of drug-likeness (QED) is 0.721. The summed E-state index contributed by atoms with van der Waals surface area (Å²) in [7, 11) is 0. The zero-order valence-corrected chi connectivity index (χ0v) is 12.4. The van der Waals surface area contributed by atoms with Gasteiger partial charge < -0.3 is 20.2 Å². The molecule has 1 amide bonds. The minimum atomic E-state index is -0.834. The van der Waals surface area contributed by atoms with Gasteiger partial charge in [-0.25, -0.2) is 0 Å². The number of aliphatic hydroxyl groups excluding tert-OH is 1. The maximum Gasteiger partial charge on any atom is 0.267 e. The second-order valence-electron chi connectivity index (χ2n) is 6.01. The van der Waals surface area contributed by atoms with E-state index in [1.165, 1.54) is 0 Å². The van der Waals surface area contributed by atoms with E-state index in [4.69, 9.17) is 4.84 Å². The van der Waals surface area contributed by atoms with Gasteiger partial charge in [0.2, 0.25) is 5.60 Å². The van der Waals surface area contributed by atoms with E-state index in [-0.39, 0.29) is 12.0 Å². The second kappa shape index (κ2) is 6.54. The number of hydrogen-bond donors (Lipinski definition) is 2. The molecule has 0 aromatic carbocycles. The molecule has 6 heteroatoms. The van der Waals surface area contributed by atoms with Crippen LogP contribution in [-0.4, -0.2) is 59.5 Å². The highest BCUT2D eigenvalue weighted by Crippen LogP contribution is 2.23. The molecular weight excluding hydrogens is 258 g/mol. The average Bonchev–Trinajstić information content (AvgIpc) is 2.77. The van der Waals surface area contributed by atoms with Crippen molar-refractivity contribution < 1.29 is 14.7 Å². The lowest BCUT2D eigenvalue weighted by Gasteiger charge is -2.29. The Morgan fingerprint density at radius 1 is 1.55 bits per heavy atom. The molecule has 2 heterocycles. The summed E-state index contributed by atoms with van der Waals surface area (Å²) in [6.45, 7) is 7.14. The van der Waals surface area contributed by atoms with Crippen LogP contribution < -0.4 is 5.32 Å². The minimum absolute atomic E-state index is 0.0906. The van der Waals surface area contributed by atoms with Crippen LogP contribution in [0.2, 0.25) is 0 Å². The van der Waals surface area contributed by atoms with Crippen molar-refractivity contribution in [3.05, 3.63) is 0 Å². The largest absolute Gasteiger partial charge is 0.393 e. The first kappa shape index (κ1) is 15.3. The van der Waals surface area contributed by atoms with Crippen LogP contribution in [0.15, 0.2) is 5.16 Å². The molecule has 0 spiro atoms. The van der Waals surface area contributed by atoms with Crippen molar-refractivity contribution in [3.8, 4) is 0 Å². The number of amides is 1. The van der Waals surface area contributed by atoms with Crippen LogP contribution in [0.25, 0.3) is 0 Å². The van der Waals surface area contributed by atoms with E-state index < -0.39 is 5.60 Å². The van der Waals surface area contributed by atoms with Gasteiger partial charge in [0.15, 0.2) is 0 Å². The zero-order chi connectivity index (χ0) is 14.6. The highest BCUT2D eigenvalue weighted by atomic mass is 16.7. The normalized spacial score (nSPS) is 28.1. The molecule has 0 aliphatic carbocycles. The van der Waals surface area contributed by atoms with Crippen molar-refractivity contribution in [1.29, 1.82) is 0 Å². The summed E-state index contributed by atoms with van der Waals surface area (Å²) in [5, 5.41) is 16.2. The van der Waals surface area contributed by atoms with E-state index in [1.807, 2.05) is 6.92 Å². The lowest BCUT2D eigenvalue weighted by Crippen LogP contribution is -2.45. The molecular formula is C14H25N3O3. The summed E-state index contributed by atoms with van der Waals surface area (Å²) < 4.78 is 0. The molecule has 1 saturated heterocycles. The van der Waals surface area contributed by atoms with E-state index in [1.54, 1.807) is 6.92 Å². The Balaban J connectivity index is 1.60. The van der Waals surface area contributed by atoms with Gasteiger partial charge in [0.05, 0.1) is 11.8 Å². The number of nitrogens with zero attached hydrogens (tertiary/aromatic N) is 2. The molecule has 6 nitrogen and oxygen atoms in total. The summed E-state index contributed by atoms with van der Waals surface area (Å²) in [5.41, 5.74) is 0.0220. The first-order valence-electron chi connectivity index (χ1n) is 7.40. The van der Waals surface area contributed by atoms with Crippen molar-refractivity contribution in [3.63, 3.8) is 0 Å². The maximum atomic E-state index is 12.1. The third-order valence-corrected chi connectivity index (χ3v) is 3.97. The van der Waals surface area contributed by atoms with Gasteiger partial charge in [-0.05, 0) is 39.7 Å². The van der Waals surface area contributed by atoms with Crippen LogP contribution in [0.3, 0.4) is 0 Å². The Hall–Kier alpha value is -1.14. The van der Waals surface area contributed by atoms with Gasteiger partial charge in [0.1, 0.15) is 0 Å². The van der Waals surface area contributed by atoms with Crippen LogP contribution >= 0.6 is 0 Å². The van der Waals surface area contributed by atoms with Crippen molar-refractivity contribution in [2.24, 2.45) is 5.16 Å². The molecule has 2 rings (SSSR count). The topological polar surface area (TPSA) is 74.2 Å². The van der Waals surface area contributed by atoms with Gasteiger partial charge in [-0.3, -0.25) is 4.79 Å². The molecule has 1 atom stereocenters. The summed E-state index contributed by atoms with van der Waals surface area (Å²) in [5.74, 6) is -0.0906. The monoisotopic (exact) mass is 283 g/mol. The molecule has 1 unspecified atom stereocenters. The number of piperidine rings is 1. The third-order valence-electron chi connectivity index (χ3n) is 3.97. The second-order valence-corrected chi connectivity index (χ2v) is 6.01. The number of carbonyl (C=O) groups excluding carboxylic acids is 1. The predicted molar refractivity (Wildman–Crippen MR) is 76.5 cm³/mol. The van der Waals surface area contributed by atoms with Crippen LogP contribution in [0.5, 0.6) is 0 Å². The Kier molecular flexibility index (Phi) is 4.99. The number of likely N-dealkylation sites (tertiary alicyclic amines) is 1. The summed E-state index contributed by atoms with van der Waals surface area (Å²) in [6, 6.07) is 0. The molecule has 0 radical (unpaired) electrons. The van der Waals surface area contributed by atoms with E-state index >= 15 is 0 Å². The number of carbonyl (C=O) groups is 1.